The topological polar surface area (TPSA) is 20.3 Å². The van der Waals surface area contributed by atoms with Gasteiger partial charge >= 0.3 is 0 Å². The molecule has 114 valence electrons. The van der Waals surface area contributed by atoms with Gasteiger partial charge in [-0.05, 0) is 43.7 Å². The van der Waals surface area contributed by atoms with Crippen LogP contribution >= 0.6 is 0 Å². The highest BCUT2D eigenvalue weighted by Crippen LogP contribution is 2.36. The van der Waals surface area contributed by atoms with Crippen LogP contribution in [0.2, 0.25) is 0 Å². The molecule has 2 heteroatoms. The molecule has 0 radical (unpaired) electrons. The average Bonchev–Trinajstić information content (AvgIpc) is 2.87. The number of hydrogen-bond acceptors (Lipinski definition) is 2. The average molecular weight is 285 g/mol. The van der Waals surface area contributed by atoms with E-state index >= 15 is 0 Å². The third-order valence-corrected chi connectivity index (χ3v) is 5.31. The second kappa shape index (κ2) is 6.64. The van der Waals surface area contributed by atoms with Crippen molar-refractivity contribution in [2.24, 2.45) is 5.41 Å². The van der Waals surface area contributed by atoms with E-state index in [0.29, 0.717) is 0 Å². The maximum atomic E-state index is 11.9. The number of hydrogen-bond donors (Lipinski definition) is 0. The zero-order valence-corrected chi connectivity index (χ0v) is 13.0. The Morgan fingerprint density at radius 3 is 2.52 bits per heavy atom. The van der Waals surface area contributed by atoms with Crippen molar-refractivity contribution >= 4 is 12.0 Å². The molecule has 1 saturated carbocycles. The van der Waals surface area contributed by atoms with Gasteiger partial charge in [-0.25, -0.2) is 0 Å². The van der Waals surface area contributed by atoms with E-state index < -0.39 is 0 Å². The molecule has 0 bridgehead atoms. The van der Waals surface area contributed by atoms with Gasteiger partial charge in [-0.2, -0.15) is 0 Å². The van der Waals surface area contributed by atoms with Crippen molar-refractivity contribution < 1.29 is 4.79 Å². The third-order valence-electron chi connectivity index (χ3n) is 5.31. The lowest BCUT2D eigenvalue weighted by molar-refractivity contribution is -0.116. The Morgan fingerprint density at radius 1 is 1.00 bits per heavy atom. The summed E-state index contributed by atoms with van der Waals surface area (Å²) in [5.74, 6) is 0. The van der Waals surface area contributed by atoms with Crippen LogP contribution in [-0.4, -0.2) is 19.4 Å². The van der Waals surface area contributed by atoms with Gasteiger partial charge in [-0.15, -0.1) is 0 Å². The second-order valence-electron chi connectivity index (χ2n) is 6.90. The molecule has 2 aliphatic rings. The lowest BCUT2D eigenvalue weighted by Gasteiger charge is -2.35. The first-order valence-corrected chi connectivity index (χ1v) is 8.62. The lowest BCUT2D eigenvalue weighted by Crippen LogP contribution is -2.39. The molecule has 0 N–H and O–H groups in total. The van der Waals surface area contributed by atoms with E-state index in [-0.39, 0.29) is 5.41 Å². The van der Waals surface area contributed by atoms with Crippen LogP contribution in [-0.2, 0) is 11.2 Å². The maximum Gasteiger partial charge on any atom is 0.127 e. The van der Waals surface area contributed by atoms with Crippen LogP contribution in [0.15, 0.2) is 24.3 Å². The van der Waals surface area contributed by atoms with E-state index in [9.17, 15) is 4.79 Å². The minimum absolute atomic E-state index is 0.103. The van der Waals surface area contributed by atoms with E-state index in [4.69, 9.17) is 0 Å². The first-order valence-electron chi connectivity index (χ1n) is 8.62. The Hall–Kier alpha value is -1.31. The van der Waals surface area contributed by atoms with Gasteiger partial charge in [0.25, 0.3) is 0 Å². The quantitative estimate of drug-likeness (QED) is 0.607. The Kier molecular flexibility index (Phi) is 4.62. The molecule has 1 heterocycles. The molecule has 1 aromatic carbocycles. The highest BCUT2D eigenvalue weighted by Gasteiger charge is 2.33. The number of para-hydroxylation sites is 1. The first-order chi connectivity index (χ1) is 10.3. The monoisotopic (exact) mass is 285 g/mol. The van der Waals surface area contributed by atoms with E-state index in [2.05, 4.69) is 29.2 Å². The third kappa shape index (κ3) is 3.30. The van der Waals surface area contributed by atoms with Gasteiger partial charge in [0.1, 0.15) is 6.29 Å². The zero-order valence-electron chi connectivity index (χ0n) is 13.0. The van der Waals surface area contributed by atoms with Crippen LogP contribution in [0.1, 0.15) is 56.9 Å². The van der Waals surface area contributed by atoms with E-state index in [1.807, 2.05) is 0 Å². The molecule has 1 aromatic rings. The van der Waals surface area contributed by atoms with Crippen molar-refractivity contribution in [1.29, 1.82) is 0 Å². The standard InChI is InChI=1S/C19H27NO/c21-16-19(12-6-1-2-7-13-19)15-20-14-8-5-10-17-9-3-4-11-18(17)20/h3-4,9,11,16H,1-2,5-8,10,12-15H2. The fourth-order valence-corrected chi connectivity index (χ4v) is 4.06. The highest BCUT2D eigenvalue weighted by molar-refractivity contribution is 5.63. The minimum atomic E-state index is -0.103. The van der Waals surface area contributed by atoms with Gasteiger partial charge in [0, 0.05) is 24.2 Å². The summed E-state index contributed by atoms with van der Waals surface area (Å²) in [6, 6.07) is 8.78. The number of nitrogens with zero attached hydrogens (tertiary/aromatic N) is 1. The maximum absolute atomic E-state index is 11.9. The molecule has 1 aliphatic heterocycles. The zero-order chi connectivity index (χ0) is 14.5. The first kappa shape index (κ1) is 14.6. The molecule has 21 heavy (non-hydrogen) atoms. The summed E-state index contributed by atoms with van der Waals surface area (Å²) in [7, 11) is 0. The van der Waals surface area contributed by atoms with Crippen LogP contribution in [0, 0.1) is 5.41 Å². The number of carbonyl (C=O) groups is 1. The van der Waals surface area contributed by atoms with Gasteiger partial charge in [0.15, 0.2) is 0 Å². The Morgan fingerprint density at radius 2 is 1.76 bits per heavy atom. The van der Waals surface area contributed by atoms with Crippen LogP contribution in [0.4, 0.5) is 5.69 Å². The predicted octanol–water partition coefficient (Wildman–Crippen LogP) is 4.37. The number of carbonyl (C=O) groups excluding carboxylic acids is 1. The number of anilines is 1. The summed E-state index contributed by atoms with van der Waals surface area (Å²) in [6.07, 6.45) is 12.2. The number of fused-ring (bicyclic) bond motifs is 1. The molecule has 0 saturated heterocycles. The van der Waals surface area contributed by atoms with Gasteiger partial charge in [0.2, 0.25) is 0 Å². The van der Waals surface area contributed by atoms with Crippen molar-refractivity contribution in [3.63, 3.8) is 0 Å². The molecular formula is C19H27NO. The molecule has 1 fully saturated rings. The summed E-state index contributed by atoms with van der Waals surface area (Å²) < 4.78 is 0. The minimum Gasteiger partial charge on any atom is -0.370 e. The van der Waals surface area contributed by atoms with Crippen molar-refractivity contribution in [2.75, 3.05) is 18.0 Å². The molecule has 0 unspecified atom stereocenters. The van der Waals surface area contributed by atoms with Gasteiger partial charge in [-0.3, -0.25) is 0 Å². The smallest absolute Gasteiger partial charge is 0.127 e. The number of rotatable bonds is 3. The second-order valence-corrected chi connectivity index (χ2v) is 6.90. The largest absolute Gasteiger partial charge is 0.370 e. The van der Waals surface area contributed by atoms with Crippen molar-refractivity contribution in [3.8, 4) is 0 Å². The Bertz CT molecular complexity index is 474. The summed E-state index contributed by atoms with van der Waals surface area (Å²) in [5.41, 5.74) is 2.73. The van der Waals surface area contributed by atoms with Gasteiger partial charge < -0.3 is 9.69 Å². The van der Waals surface area contributed by atoms with Crippen molar-refractivity contribution in [1.82, 2.24) is 0 Å². The summed E-state index contributed by atoms with van der Waals surface area (Å²) in [6.45, 7) is 2.03. The Labute approximate surface area is 128 Å². The lowest BCUT2D eigenvalue weighted by atomic mass is 9.81. The summed E-state index contributed by atoms with van der Waals surface area (Å²) in [5, 5.41) is 0. The predicted molar refractivity (Wildman–Crippen MR) is 87.8 cm³/mol. The number of aryl methyl sites for hydroxylation is 1. The molecule has 0 spiro atoms. The molecule has 0 atom stereocenters. The molecule has 2 nitrogen and oxygen atoms in total. The van der Waals surface area contributed by atoms with Crippen LogP contribution in [0.5, 0.6) is 0 Å². The van der Waals surface area contributed by atoms with Crippen LogP contribution in [0.3, 0.4) is 0 Å². The molecule has 3 rings (SSSR count). The fourth-order valence-electron chi connectivity index (χ4n) is 4.06. The normalized spacial score (nSPS) is 22.0. The van der Waals surface area contributed by atoms with Crippen molar-refractivity contribution in [3.05, 3.63) is 29.8 Å². The fraction of sp³-hybridized carbons (Fsp3) is 0.632. The van der Waals surface area contributed by atoms with Gasteiger partial charge in [0.05, 0.1) is 0 Å². The van der Waals surface area contributed by atoms with E-state index in [1.54, 1.807) is 0 Å². The van der Waals surface area contributed by atoms with Gasteiger partial charge in [-0.1, -0.05) is 43.9 Å². The van der Waals surface area contributed by atoms with E-state index in [0.717, 1.165) is 25.9 Å². The molecule has 1 aliphatic carbocycles. The molecule has 0 aromatic heterocycles. The molecular weight excluding hydrogens is 258 g/mol. The Balaban J connectivity index is 1.83. The molecule has 0 amide bonds. The highest BCUT2D eigenvalue weighted by atomic mass is 16.1. The van der Waals surface area contributed by atoms with E-state index in [1.165, 1.54) is 62.5 Å². The number of benzene rings is 1. The van der Waals surface area contributed by atoms with Crippen LogP contribution < -0.4 is 4.90 Å². The summed E-state index contributed by atoms with van der Waals surface area (Å²) >= 11 is 0. The number of aldehydes is 1. The van der Waals surface area contributed by atoms with Crippen molar-refractivity contribution in [2.45, 2.75) is 57.8 Å². The summed E-state index contributed by atoms with van der Waals surface area (Å²) in [4.78, 5) is 14.4. The SMILES string of the molecule is O=CC1(CN2CCCCc3ccccc32)CCCCCC1. The van der Waals surface area contributed by atoms with Crippen LogP contribution in [0.25, 0.3) is 0 Å².